The number of hydrogen-bond acceptors (Lipinski definition) is 5. The van der Waals surface area contributed by atoms with Crippen LogP contribution in [0, 0.1) is 0 Å². The predicted molar refractivity (Wildman–Crippen MR) is 61.5 cm³/mol. The zero-order valence-corrected chi connectivity index (χ0v) is 10.4. The molecule has 0 bridgehead atoms. The van der Waals surface area contributed by atoms with Crippen molar-refractivity contribution in [2.24, 2.45) is 0 Å². The number of carboxylic acid groups (broad SMARTS) is 1. The summed E-state index contributed by atoms with van der Waals surface area (Å²) in [6.45, 7) is 3.93. The Labute approximate surface area is 97.3 Å². The number of thioether (sulfide) groups is 1. The smallest absolute Gasteiger partial charge is 0.317 e. The monoisotopic (exact) mass is 246 g/mol. The molecule has 0 fully saturated rings. The first-order valence-corrected chi connectivity index (χ1v) is 6.54. The minimum absolute atomic E-state index is 0.410. The van der Waals surface area contributed by atoms with Crippen LogP contribution in [-0.4, -0.2) is 25.7 Å². The zero-order valence-electron chi connectivity index (χ0n) is 8.77. The van der Waals surface area contributed by atoms with Crippen LogP contribution in [0.4, 0.5) is 0 Å². The molecular formula is C9H14N2O2S2. The second-order valence-electron chi connectivity index (χ2n) is 3.08. The van der Waals surface area contributed by atoms with E-state index in [9.17, 15) is 4.79 Å². The van der Waals surface area contributed by atoms with Crippen LogP contribution in [0.2, 0.25) is 0 Å². The molecular weight excluding hydrogens is 232 g/mol. The summed E-state index contributed by atoms with van der Waals surface area (Å²) in [5.41, 5.74) is 0. The minimum Gasteiger partial charge on any atom is -0.480 e. The summed E-state index contributed by atoms with van der Waals surface area (Å²) in [6.07, 6.45) is 2.47. The van der Waals surface area contributed by atoms with E-state index in [0.717, 1.165) is 23.0 Å². The average molecular weight is 246 g/mol. The van der Waals surface area contributed by atoms with Gasteiger partial charge in [0.15, 0.2) is 4.34 Å². The topological polar surface area (TPSA) is 63.1 Å². The van der Waals surface area contributed by atoms with Crippen molar-refractivity contribution < 1.29 is 9.90 Å². The predicted octanol–water partition coefficient (Wildman–Crippen LogP) is 2.45. The molecule has 1 aromatic heterocycles. The Morgan fingerprint density at radius 2 is 2.33 bits per heavy atom. The quantitative estimate of drug-likeness (QED) is 0.781. The van der Waals surface area contributed by atoms with Gasteiger partial charge in [-0.2, -0.15) is 4.37 Å². The van der Waals surface area contributed by atoms with Gasteiger partial charge >= 0.3 is 5.97 Å². The molecule has 0 aliphatic heterocycles. The lowest BCUT2D eigenvalue weighted by Gasteiger charge is -2.04. The number of aliphatic carboxylic acids is 1. The zero-order chi connectivity index (χ0) is 11.3. The van der Waals surface area contributed by atoms with Gasteiger partial charge in [-0.3, -0.25) is 4.79 Å². The summed E-state index contributed by atoms with van der Waals surface area (Å²) in [5.74, 6) is 0.0417. The Kier molecular flexibility index (Phi) is 5.04. The van der Waals surface area contributed by atoms with E-state index in [1.54, 1.807) is 0 Å². The highest BCUT2D eigenvalue weighted by molar-refractivity contribution is 8.02. The Hall–Kier alpha value is -0.620. The molecule has 1 unspecified atom stereocenters. The summed E-state index contributed by atoms with van der Waals surface area (Å²) >= 11 is 2.58. The molecule has 0 amide bonds. The van der Waals surface area contributed by atoms with E-state index >= 15 is 0 Å². The van der Waals surface area contributed by atoms with E-state index in [1.165, 1.54) is 23.3 Å². The maximum absolute atomic E-state index is 10.8. The summed E-state index contributed by atoms with van der Waals surface area (Å²) in [7, 11) is 0. The SMILES string of the molecule is CCCc1nsc(SC(CC)C(=O)O)n1. The largest absolute Gasteiger partial charge is 0.480 e. The summed E-state index contributed by atoms with van der Waals surface area (Å²) in [6, 6.07) is 0. The molecule has 15 heavy (non-hydrogen) atoms. The lowest BCUT2D eigenvalue weighted by atomic mass is 10.3. The highest BCUT2D eigenvalue weighted by Crippen LogP contribution is 2.27. The molecule has 1 aromatic rings. The molecule has 0 aliphatic rings. The van der Waals surface area contributed by atoms with Crippen LogP contribution in [0.1, 0.15) is 32.5 Å². The maximum atomic E-state index is 10.8. The lowest BCUT2D eigenvalue weighted by molar-refractivity contribution is -0.136. The van der Waals surface area contributed by atoms with Crippen LogP contribution in [0.5, 0.6) is 0 Å². The van der Waals surface area contributed by atoms with E-state index in [0.29, 0.717) is 6.42 Å². The van der Waals surface area contributed by atoms with Crippen molar-refractivity contribution in [2.45, 2.75) is 42.7 Å². The lowest BCUT2D eigenvalue weighted by Crippen LogP contribution is -2.14. The molecule has 0 saturated carbocycles. The summed E-state index contributed by atoms with van der Waals surface area (Å²) in [4.78, 5) is 15.1. The molecule has 0 spiro atoms. The molecule has 4 nitrogen and oxygen atoms in total. The third-order valence-electron chi connectivity index (χ3n) is 1.81. The van der Waals surface area contributed by atoms with E-state index in [1.807, 2.05) is 6.92 Å². The molecule has 0 saturated heterocycles. The molecule has 84 valence electrons. The Morgan fingerprint density at radius 1 is 1.60 bits per heavy atom. The summed E-state index contributed by atoms with van der Waals surface area (Å²) < 4.78 is 4.93. The van der Waals surface area contributed by atoms with Gasteiger partial charge < -0.3 is 5.11 Å². The number of nitrogens with zero attached hydrogens (tertiary/aromatic N) is 2. The molecule has 0 radical (unpaired) electrons. The van der Waals surface area contributed by atoms with Crippen molar-refractivity contribution in [2.75, 3.05) is 0 Å². The third-order valence-corrected chi connectivity index (χ3v) is 3.99. The molecule has 1 N–H and O–H groups in total. The standard InChI is InChI=1S/C9H14N2O2S2/c1-3-5-7-10-9(15-11-7)14-6(4-2)8(12)13/h6H,3-5H2,1-2H3,(H,12,13). The van der Waals surface area contributed by atoms with E-state index in [2.05, 4.69) is 16.3 Å². The fourth-order valence-electron chi connectivity index (χ4n) is 1.04. The molecule has 1 atom stereocenters. The van der Waals surface area contributed by atoms with Crippen molar-refractivity contribution in [3.63, 3.8) is 0 Å². The van der Waals surface area contributed by atoms with Crippen molar-refractivity contribution in [3.8, 4) is 0 Å². The first-order chi connectivity index (χ1) is 7.17. The highest BCUT2D eigenvalue weighted by Gasteiger charge is 2.18. The van der Waals surface area contributed by atoms with E-state index in [-0.39, 0.29) is 0 Å². The van der Waals surface area contributed by atoms with Gasteiger partial charge in [0.05, 0.1) is 0 Å². The van der Waals surface area contributed by atoms with Crippen molar-refractivity contribution in [1.29, 1.82) is 0 Å². The van der Waals surface area contributed by atoms with Crippen molar-refractivity contribution in [3.05, 3.63) is 5.82 Å². The van der Waals surface area contributed by atoms with Gasteiger partial charge in [-0.15, -0.1) is 0 Å². The van der Waals surface area contributed by atoms with Gasteiger partial charge in [-0.25, -0.2) is 4.98 Å². The van der Waals surface area contributed by atoms with E-state index in [4.69, 9.17) is 5.11 Å². The van der Waals surface area contributed by atoms with Crippen LogP contribution >= 0.6 is 23.3 Å². The first kappa shape index (κ1) is 12.4. The number of aryl methyl sites for hydroxylation is 1. The van der Waals surface area contributed by atoms with Gasteiger partial charge in [0.25, 0.3) is 0 Å². The Balaban J connectivity index is 2.59. The van der Waals surface area contributed by atoms with Gasteiger partial charge in [-0.05, 0) is 24.4 Å². The number of aromatic nitrogens is 2. The summed E-state index contributed by atoms with van der Waals surface area (Å²) in [5, 5.41) is 8.47. The second kappa shape index (κ2) is 6.07. The number of hydrogen-bond donors (Lipinski definition) is 1. The van der Waals surface area contributed by atoms with Crippen LogP contribution in [0.3, 0.4) is 0 Å². The van der Waals surface area contributed by atoms with Crippen LogP contribution in [0.15, 0.2) is 4.34 Å². The Morgan fingerprint density at radius 3 is 2.87 bits per heavy atom. The van der Waals surface area contributed by atoms with Gasteiger partial charge in [0.1, 0.15) is 11.1 Å². The molecule has 6 heteroatoms. The first-order valence-electron chi connectivity index (χ1n) is 4.89. The molecule has 0 aromatic carbocycles. The number of carboxylic acids is 1. The second-order valence-corrected chi connectivity index (χ2v) is 5.28. The van der Waals surface area contributed by atoms with Crippen LogP contribution in [0.25, 0.3) is 0 Å². The van der Waals surface area contributed by atoms with Crippen LogP contribution in [-0.2, 0) is 11.2 Å². The normalized spacial score (nSPS) is 12.7. The average Bonchev–Trinajstić information content (AvgIpc) is 2.62. The van der Waals surface area contributed by atoms with Gasteiger partial charge in [0.2, 0.25) is 0 Å². The number of rotatable bonds is 6. The van der Waals surface area contributed by atoms with Gasteiger partial charge in [-0.1, -0.05) is 25.6 Å². The van der Waals surface area contributed by atoms with Gasteiger partial charge in [0, 0.05) is 6.42 Å². The van der Waals surface area contributed by atoms with Crippen LogP contribution < -0.4 is 0 Å². The van der Waals surface area contributed by atoms with E-state index < -0.39 is 11.2 Å². The van der Waals surface area contributed by atoms with Crippen molar-refractivity contribution >= 4 is 29.3 Å². The Bertz CT molecular complexity index is 328. The fourth-order valence-corrected chi connectivity index (χ4v) is 2.80. The number of carbonyl (C=O) groups is 1. The van der Waals surface area contributed by atoms with Crippen molar-refractivity contribution in [1.82, 2.24) is 9.36 Å². The molecule has 0 aliphatic carbocycles. The highest BCUT2D eigenvalue weighted by atomic mass is 32.2. The maximum Gasteiger partial charge on any atom is 0.317 e. The third kappa shape index (κ3) is 3.79. The minimum atomic E-state index is -0.783. The molecule has 1 heterocycles. The molecule has 1 rings (SSSR count). The fraction of sp³-hybridized carbons (Fsp3) is 0.667.